The minimum atomic E-state index is -4.47. The van der Waals surface area contributed by atoms with Gasteiger partial charge < -0.3 is 14.8 Å². The quantitative estimate of drug-likeness (QED) is 0.257. The number of anilines is 2. The lowest BCUT2D eigenvalue weighted by Crippen LogP contribution is -2.15. The van der Waals surface area contributed by atoms with Gasteiger partial charge >= 0.3 is 18.1 Å². The summed E-state index contributed by atoms with van der Waals surface area (Å²) in [5.74, 6) is -0.995. The van der Waals surface area contributed by atoms with Gasteiger partial charge in [-0.3, -0.25) is 4.79 Å². The number of esters is 2. The van der Waals surface area contributed by atoms with Crippen molar-refractivity contribution < 1.29 is 32.2 Å². The number of para-hydroxylation sites is 1. The van der Waals surface area contributed by atoms with Crippen LogP contribution in [-0.4, -0.2) is 25.2 Å². The maximum atomic E-state index is 12.9. The fourth-order valence-electron chi connectivity index (χ4n) is 3.19. The number of ether oxygens (including phenoxy) is 2. The average Bonchev–Trinajstić information content (AvgIpc) is 2.79. The van der Waals surface area contributed by atoms with E-state index in [9.17, 15) is 22.8 Å². The van der Waals surface area contributed by atoms with Crippen LogP contribution in [0.5, 0.6) is 0 Å². The van der Waals surface area contributed by atoms with E-state index < -0.39 is 17.7 Å². The molecule has 0 aromatic heterocycles. The Balaban J connectivity index is 1.80. The molecule has 0 unspecified atom stereocenters. The molecular formula is C25H30F3NO4. The number of halogens is 3. The van der Waals surface area contributed by atoms with Crippen molar-refractivity contribution in [3.05, 3.63) is 59.7 Å². The number of hydrogen-bond acceptors (Lipinski definition) is 5. The number of rotatable bonds is 13. The van der Waals surface area contributed by atoms with Crippen molar-refractivity contribution in [3.63, 3.8) is 0 Å². The summed E-state index contributed by atoms with van der Waals surface area (Å²) in [5.41, 5.74) is -0.140. The molecule has 2 rings (SSSR count). The van der Waals surface area contributed by atoms with Gasteiger partial charge in [0, 0.05) is 12.1 Å². The summed E-state index contributed by atoms with van der Waals surface area (Å²) in [6, 6.07) is 11.0. The molecule has 0 radical (unpaired) electrons. The first-order valence-corrected chi connectivity index (χ1v) is 11.2. The molecule has 180 valence electrons. The zero-order valence-corrected chi connectivity index (χ0v) is 18.7. The van der Waals surface area contributed by atoms with Crippen molar-refractivity contribution in [2.75, 3.05) is 18.5 Å². The Hall–Kier alpha value is -3.03. The van der Waals surface area contributed by atoms with E-state index >= 15 is 0 Å². The lowest BCUT2D eigenvalue weighted by Gasteiger charge is -2.13. The first kappa shape index (κ1) is 26.2. The summed E-state index contributed by atoms with van der Waals surface area (Å²) >= 11 is 0. The molecule has 33 heavy (non-hydrogen) atoms. The second-order valence-corrected chi connectivity index (χ2v) is 7.62. The molecule has 8 heteroatoms. The van der Waals surface area contributed by atoms with Crippen LogP contribution in [0, 0.1) is 0 Å². The van der Waals surface area contributed by atoms with Crippen molar-refractivity contribution in [2.45, 2.75) is 58.0 Å². The third kappa shape index (κ3) is 9.55. The van der Waals surface area contributed by atoms with E-state index in [-0.39, 0.29) is 30.4 Å². The topological polar surface area (TPSA) is 64.6 Å². The molecule has 0 heterocycles. The van der Waals surface area contributed by atoms with Crippen molar-refractivity contribution in [1.82, 2.24) is 0 Å². The van der Waals surface area contributed by atoms with E-state index in [1.807, 2.05) is 0 Å². The maximum absolute atomic E-state index is 12.9. The average molecular weight is 466 g/mol. The fourth-order valence-corrected chi connectivity index (χ4v) is 3.19. The van der Waals surface area contributed by atoms with Crippen LogP contribution < -0.4 is 5.32 Å². The molecule has 0 aliphatic rings. The van der Waals surface area contributed by atoms with Gasteiger partial charge in [0.15, 0.2) is 0 Å². The third-order valence-corrected chi connectivity index (χ3v) is 4.93. The first-order chi connectivity index (χ1) is 15.8. The molecule has 0 aliphatic carbocycles. The Morgan fingerprint density at radius 3 is 2.33 bits per heavy atom. The van der Waals surface area contributed by atoms with Gasteiger partial charge in [-0.05, 0) is 36.8 Å². The van der Waals surface area contributed by atoms with E-state index in [1.165, 1.54) is 37.5 Å². The van der Waals surface area contributed by atoms with Crippen LogP contribution in [0.15, 0.2) is 48.5 Å². The summed E-state index contributed by atoms with van der Waals surface area (Å²) in [4.78, 5) is 24.2. The Kier molecular flexibility index (Phi) is 10.7. The number of nitrogens with one attached hydrogen (secondary N) is 1. The van der Waals surface area contributed by atoms with Gasteiger partial charge in [0.1, 0.15) is 13.2 Å². The first-order valence-electron chi connectivity index (χ1n) is 11.2. The minimum absolute atomic E-state index is 0.0520. The Bertz CT molecular complexity index is 899. The van der Waals surface area contributed by atoms with Gasteiger partial charge in [-0.1, -0.05) is 57.2 Å². The van der Waals surface area contributed by atoms with Crippen LogP contribution in [0.25, 0.3) is 0 Å². The zero-order valence-electron chi connectivity index (χ0n) is 18.7. The fraction of sp³-hybridized carbons (Fsp3) is 0.440. The third-order valence-electron chi connectivity index (χ3n) is 4.93. The summed E-state index contributed by atoms with van der Waals surface area (Å²) in [7, 11) is 0. The van der Waals surface area contributed by atoms with Gasteiger partial charge in [0.25, 0.3) is 0 Å². The van der Waals surface area contributed by atoms with Crippen molar-refractivity contribution >= 4 is 23.3 Å². The second-order valence-electron chi connectivity index (χ2n) is 7.62. The standard InChI is InChI=1S/C25H30F3NO4/c1-2-3-4-5-6-7-15-23(30)32-16-17-33-24(31)21-13-8-9-14-22(21)29-20-12-10-11-19(18-20)25(26,27)28/h8-14,18,29H,2-7,15-17H2,1H3. The number of alkyl halides is 3. The predicted octanol–water partition coefficient (Wildman–Crippen LogP) is 6.90. The highest BCUT2D eigenvalue weighted by Crippen LogP contribution is 2.32. The van der Waals surface area contributed by atoms with Crippen molar-refractivity contribution in [2.24, 2.45) is 0 Å². The molecule has 2 aromatic carbocycles. The van der Waals surface area contributed by atoms with Crippen LogP contribution in [0.1, 0.15) is 67.8 Å². The molecule has 0 saturated carbocycles. The van der Waals surface area contributed by atoms with Gasteiger partial charge in [-0.2, -0.15) is 13.2 Å². The highest BCUT2D eigenvalue weighted by Gasteiger charge is 2.30. The summed E-state index contributed by atoms with van der Waals surface area (Å²) in [6.07, 6.45) is 2.28. The largest absolute Gasteiger partial charge is 0.462 e. The Labute approximate surface area is 192 Å². The van der Waals surface area contributed by atoms with Crippen molar-refractivity contribution in [1.29, 1.82) is 0 Å². The van der Waals surface area contributed by atoms with Gasteiger partial charge in [0.05, 0.1) is 16.8 Å². The highest BCUT2D eigenvalue weighted by atomic mass is 19.4. The molecule has 5 nitrogen and oxygen atoms in total. The molecule has 0 spiro atoms. The normalized spacial score (nSPS) is 11.2. The van der Waals surface area contributed by atoms with Gasteiger partial charge in [-0.15, -0.1) is 0 Å². The summed E-state index contributed by atoms with van der Waals surface area (Å²) < 4.78 is 49.1. The lowest BCUT2D eigenvalue weighted by atomic mass is 10.1. The molecular weight excluding hydrogens is 435 g/mol. The van der Waals surface area contributed by atoms with Gasteiger partial charge in [0.2, 0.25) is 0 Å². The number of unbranched alkanes of at least 4 members (excludes halogenated alkanes) is 5. The molecule has 0 atom stereocenters. The smallest absolute Gasteiger partial charge is 0.416 e. The van der Waals surface area contributed by atoms with E-state index in [0.29, 0.717) is 12.1 Å². The molecule has 2 aromatic rings. The highest BCUT2D eigenvalue weighted by molar-refractivity contribution is 5.96. The van der Waals surface area contributed by atoms with E-state index in [0.717, 1.165) is 31.4 Å². The van der Waals surface area contributed by atoms with Crippen molar-refractivity contribution in [3.8, 4) is 0 Å². The second kappa shape index (κ2) is 13.5. The van der Waals surface area contributed by atoms with Crippen LogP contribution in [-0.2, 0) is 20.4 Å². The molecule has 0 aliphatic heterocycles. The molecule has 0 bridgehead atoms. The zero-order chi connectivity index (χ0) is 24.1. The molecule has 0 fully saturated rings. The summed E-state index contributed by atoms with van der Waals surface area (Å²) in [5, 5.41) is 2.83. The molecule has 1 N–H and O–H groups in total. The predicted molar refractivity (Wildman–Crippen MR) is 120 cm³/mol. The van der Waals surface area contributed by atoms with Crippen LogP contribution in [0.2, 0.25) is 0 Å². The maximum Gasteiger partial charge on any atom is 0.416 e. The van der Waals surface area contributed by atoms with E-state index in [4.69, 9.17) is 9.47 Å². The van der Waals surface area contributed by atoms with E-state index in [1.54, 1.807) is 18.2 Å². The number of carbonyl (C=O) groups is 2. The number of hydrogen-bond donors (Lipinski definition) is 1. The van der Waals surface area contributed by atoms with Crippen LogP contribution >= 0.6 is 0 Å². The van der Waals surface area contributed by atoms with Crippen LogP contribution in [0.4, 0.5) is 24.5 Å². The number of benzene rings is 2. The van der Waals surface area contributed by atoms with E-state index in [2.05, 4.69) is 12.2 Å². The number of carbonyl (C=O) groups excluding carboxylic acids is 2. The lowest BCUT2D eigenvalue weighted by molar-refractivity contribution is -0.144. The van der Waals surface area contributed by atoms with Crippen LogP contribution in [0.3, 0.4) is 0 Å². The SMILES string of the molecule is CCCCCCCCC(=O)OCCOC(=O)c1ccccc1Nc1cccc(C(F)(F)F)c1. The summed E-state index contributed by atoms with van der Waals surface area (Å²) in [6.45, 7) is 1.98. The molecule has 0 saturated heterocycles. The Morgan fingerprint density at radius 1 is 0.879 bits per heavy atom. The molecule has 0 amide bonds. The monoisotopic (exact) mass is 465 g/mol. The minimum Gasteiger partial charge on any atom is -0.462 e. The van der Waals surface area contributed by atoms with Gasteiger partial charge in [-0.25, -0.2) is 4.79 Å². The Morgan fingerprint density at radius 2 is 1.58 bits per heavy atom.